The van der Waals surface area contributed by atoms with Gasteiger partial charge in [-0.25, -0.2) is 4.98 Å². The van der Waals surface area contributed by atoms with Gasteiger partial charge >= 0.3 is 6.18 Å². The molecular formula is C10H13F3N2. The molecule has 84 valence electrons. The molecule has 15 heavy (non-hydrogen) atoms. The van der Waals surface area contributed by atoms with Gasteiger partial charge in [0.1, 0.15) is 5.82 Å². The van der Waals surface area contributed by atoms with Gasteiger partial charge in [-0.3, -0.25) is 0 Å². The van der Waals surface area contributed by atoms with Crippen molar-refractivity contribution in [2.45, 2.75) is 38.8 Å². The van der Waals surface area contributed by atoms with E-state index in [1.165, 1.54) is 0 Å². The van der Waals surface area contributed by atoms with Crippen LogP contribution in [0, 0.1) is 5.92 Å². The number of hydrogen-bond donors (Lipinski definition) is 1. The summed E-state index contributed by atoms with van der Waals surface area (Å²) in [4.78, 5) is 7.24. The molecule has 1 aromatic rings. The van der Waals surface area contributed by atoms with Crippen LogP contribution in [-0.2, 0) is 19.3 Å². The fourth-order valence-electron chi connectivity index (χ4n) is 1.99. The molecule has 1 atom stereocenters. The Labute approximate surface area is 85.9 Å². The molecule has 0 saturated heterocycles. The Bertz CT molecular complexity index is 354. The minimum absolute atomic E-state index is 0.0613. The van der Waals surface area contributed by atoms with Crippen LogP contribution in [0.1, 0.15) is 30.6 Å². The van der Waals surface area contributed by atoms with Crippen LogP contribution in [0.25, 0.3) is 0 Å². The predicted octanol–water partition coefficient (Wildman–Crippen LogP) is 2.64. The molecule has 1 aromatic heterocycles. The maximum Gasteiger partial charge on any atom is 0.392 e. The lowest BCUT2D eigenvalue weighted by Crippen LogP contribution is -2.28. The lowest BCUT2D eigenvalue weighted by molar-refractivity contribution is -0.177. The fraction of sp³-hybridized carbons (Fsp3) is 0.700. The van der Waals surface area contributed by atoms with E-state index in [1.807, 2.05) is 6.92 Å². The highest BCUT2D eigenvalue weighted by Gasteiger charge is 2.41. The second-order valence-corrected chi connectivity index (χ2v) is 3.94. The lowest BCUT2D eigenvalue weighted by atomic mass is 9.89. The van der Waals surface area contributed by atoms with Crippen molar-refractivity contribution in [2.75, 3.05) is 0 Å². The molecule has 0 saturated carbocycles. The van der Waals surface area contributed by atoms with Crippen LogP contribution in [0.5, 0.6) is 0 Å². The highest BCUT2D eigenvalue weighted by Crippen LogP contribution is 2.36. The van der Waals surface area contributed by atoms with Gasteiger partial charge in [0, 0.05) is 18.5 Å². The van der Waals surface area contributed by atoms with Crippen LogP contribution in [0.2, 0.25) is 0 Å². The molecule has 1 unspecified atom stereocenters. The molecule has 0 spiro atoms. The van der Waals surface area contributed by atoms with E-state index in [0.717, 1.165) is 17.9 Å². The first-order valence-electron chi connectivity index (χ1n) is 5.14. The largest absolute Gasteiger partial charge is 0.392 e. The molecule has 0 fully saturated rings. The number of nitrogens with one attached hydrogen (secondary N) is 1. The van der Waals surface area contributed by atoms with Crippen molar-refractivity contribution >= 4 is 0 Å². The van der Waals surface area contributed by atoms with E-state index in [2.05, 4.69) is 9.97 Å². The summed E-state index contributed by atoms with van der Waals surface area (Å²) < 4.78 is 37.5. The first-order valence-corrected chi connectivity index (χ1v) is 5.14. The topological polar surface area (TPSA) is 28.7 Å². The van der Waals surface area contributed by atoms with Gasteiger partial charge in [-0.2, -0.15) is 13.2 Å². The van der Waals surface area contributed by atoms with E-state index < -0.39 is 12.1 Å². The number of aryl methyl sites for hydroxylation is 2. The molecule has 5 heteroatoms. The van der Waals surface area contributed by atoms with Gasteiger partial charge < -0.3 is 4.98 Å². The predicted molar refractivity (Wildman–Crippen MR) is 49.5 cm³/mol. The van der Waals surface area contributed by atoms with Gasteiger partial charge in [0.2, 0.25) is 0 Å². The van der Waals surface area contributed by atoms with Crippen LogP contribution in [0.15, 0.2) is 0 Å². The van der Waals surface area contributed by atoms with E-state index in [-0.39, 0.29) is 12.8 Å². The van der Waals surface area contributed by atoms with Crippen LogP contribution in [0.4, 0.5) is 13.2 Å². The first-order chi connectivity index (χ1) is 7.00. The summed E-state index contributed by atoms with van der Waals surface area (Å²) in [6.07, 6.45) is -2.66. The zero-order valence-corrected chi connectivity index (χ0v) is 8.49. The van der Waals surface area contributed by atoms with Crippen LogP contribution in [-0.4, -0.2) is 16.1 Å². The highest BCUT2D eigenvalue weighted by molar-refractivity contribution is 5.19. The second-order valence-electron chi connectivity index (χ2n) is 3.94. The molecule has 2 nitrogen and oxygen atoms in total. The van der Waals surface area contributed by atoms with E-state index in [0.29, 0.717) is 12.1 Å². The fourth-order valence-corrected chi connectivity index (χ4v) is 1.99. The standard InChI is InChI=1S/C10H13F3N2/c1-2-9-14-7-4-3-6(10(11,12)13)5-8(7)15-9/h6H,2-5H2,1H3,(H,14,15). The van der Waals surface area contributed by atoms with Crippen molar-refractivity contribution in [2.24, 2.45) is 5.92 Å². The maximum atomic E-state index is 12.5. The molecular weight excluding hydrogens is 205 g/mol. The van der Waals surface area contributed by atoms with Crippen molar-refractivity contribution in [1.82, 2.24) is 9.97 Å². The van der Waals surface area contributed by atoms with Crippen molar-refractivity contribution < 1.29 is 13.2 Å². The maximum absolute atomic E-state index is 12.5. The molecule has 1 aliphatic rings. The summed E-state index contributed by atoms with van der Waals surface area (Å²) in [6, 6.07) is 0. The minimum Gasteiger partial charge on any atom is -0.346 e. The van der Waals surface area contributed by atoms with Crippen LogP contribution < -0.4 is 0 Å². The number of fused-ring (bicyclic) bond motifs is 1. The second kappa shape index (κ2) is 3.54. The third kappa shape index (κ3) is 2.01. The van der Waals surface area contributed by atoms with E-state index in [1.54, 1.807) is 0 Å². The summed E-state index contributed by atoms with van der Waals surface area (Å²) >= 11 is 0. The molecule has 0 radical (unpaired) electrons. The summed E-state index contributed by atoms with van der Waals surface area (Å²) in [5, 5.41) is 0. The molecule has 1 N–H and O–H groups in total. The number of H-pyrrole nitrogens is 1. The van der Waals surface area contributed by atoms with Gasteiger partial charge in [-0.05, 0) is 12.8 Å². The number of alkyl halides is 3. The molecule has 0 bridgehead atoms. The van der Waals surface area contributed by atoms with Crippen molar-refractivity contribution in [1.29, 1.82) is 0 Å². The number of aromatic nitrogens is 2. The van der Waals surface area contributed by atoms with Gasteiger partial charge in [-0.15, -0.1) is 0 Å². The third-order valence-electron chi connectivity index (χ3n) is 2.89. The Morgan fingerprint density at radius 2 is 2.20 bits per heavy atom. The lowest BCUT2D eigenvalue weighted by Gasteiger charge is -2.23. The van der Waals surface area contributed by atoms with Gasteiger partial charge in [0.25, 0.3) is 0 Å². The Morgan fingerprint density at radius 3 is 2.80 bits per heavy atom. The summed E-state index contributed by atoms with van der Waals surface area (Å²) in [7, 11) is 0. The van der Waals surface area contributed by atoms with E-state index >= 15 is 0 Å². The average molecular weight is 218 g/mol. The molecule has 0 aromatic carbocycles. The number of rotatable bonds is 1. The van der Waals surface area contributed by atoms with E-state index in [9.17, 15) is 13.2 Å². The molecule has 2 rings (SSSR count). The highest BCUT2D eigenvalue weighted by atomic mass is 19.4. The van der Waals surface area contributed by atoms with Gasteiger partial charge in [0.05, 0.1) is 11.6 Å². The van der Waals surface area contributed by atoms with Crippen molar-refractivity contribution in [3.8, 4) is 0 Å². The normalized spacial score (nSPS) is 21.5. The minimum atomic E-state index is -4.07. The van der Waals surface area contributed by atoms with Crippen molar-refractivity contribution in [3.63, 3.8) is 0 Å². The summed E-state index contributed by atoms with van der Waals surface area (Å²) in [6.45, 7) is 1.94. The quantitative estimate of drug-likeness (QED) is 0.771. The smallest absolute Gasteiger partial charge is 0.346 e. The number of hydrogen-bond acceptors (Lipinski definition) is 1. The van der Waals surface area contributed by atoms with E-state index in [4.69, 9.17) is 0 Å². The average Bonchev–Trinajstić information content (AvgIpc) is 2.57. The van der Waals surface area contributed by atoms with Gasteiger partial charge in [0.15, 0.2) is 0 Å². The monoisotopic (exact) mass is 218 g/mol. The van der Waals surface area contributed by atoms with Crippen molar-refractivity contribution in [3.05, 3.63) is 17.2 Å². The Kier molecular flexibility index (Phi) is 2.48. The number of nitrogens with zero attached hydrogens (tertiary/aromatic N) is 1. The van der Waals surface area contributed by atoms with Gasteiger partial charge in [-0.1, -0.05) is 6.92 Å². The Morgan fingerprint density at radius 1 is 1.47 bits per heavy atom. The zero-order valence-electron chi connectivity index (χ0n) is 8.49. The Balaban J connectivity index is 2.19. The van der Waals surface area contributed by atoms with Crippen LogP contribution in [0.3, 0.4) is 0 Å². The molecule has 1 heterocycles. The zero-order chi connectivity index (χ0) is 11.1. The summed E-state index contributed by atoms with van der Waals surface area (Å²) in [5.74, 6) is -0.405. The number of halogens is 3. The number of imidazole rings is 1. The number of aromatic amines is 1. The first kappa shape index (κ1) is 10.5. The molecule has 0 amide bonds. The summed E-state index contributed by atoms with van der Waals surface area (Å²) in [5.41, 5.74) is 1.51. The molecule has 0 aliphatic heterocycles. The third-order valence-corrected chi connectivity index (χ3v) is 2.89. The SMILES string of the molecule is CCc1nc2c([nH]1)CC(C(F)(F)F)CC2. The Hall–Kier alpha value is -1.00. The van der Waals surface area contributed by atoms with Crippen LogP contribution >= 0.6 is 0 Å². The molecule has 1 aliphatic carbocycles.